The van der Waals surface area contributed by atoms with Gasteiger partial charge in [0.2, 0.25) is 0 Å². The fourth-order valence-electron chi connectivity index (χ4n) is 0. The van der Waals surface area contributed by atoms with Gasteiger partial charge in [0, 0.05) is 0 Å². The zero-order valence-electron chi connectivity index (χ0n) is 2.09. The fraction of sp³-hybridized carbons (Fsp3) is 1.00. The van der Waals surface area contributed by atoms with Crippen molar-refractivity contribution in [3.05, 3.63) is 0 Å². The zero-order valence-corrected chi connectivity index (χ0v) is 3.27. The van der Waals surface area contributed by atoms with Crippen molar-refractivity contribution in [3.63, 3.8) is 0 Å². The molecule has 0 amide bonds. The quantitative estimate of drug-likeness (QED) is 0.412. The van der Waals surface area contributed by atoms with Crippen LogP contribution in [0.1, 0.15) is 7.43 Å². The summed E-state index contributed by atoms with van der Waals surface area (Å²) in [6, 6.07) is 0. The molecule has 0 unspecified atom stereocenters. The molecule has 0 aromatic heterocycles. The Bertz CT molecular complexity index is 94.9. The van der Waals surface area contributed by atoms with Gasteiger partial charge < -0.3 is 0 Å². The molecule has 0 fully saturated rings. The van der Waals surface area contributed by atoms with Gasteiger partial charge in [-0.05, 0) is 0 Å². The van der Waals surface area contributed by atoms with Crippen LogP contribution in [0.4, 0.5) is 0 Å². The second kappa shape index (κ2) is 4.79. The van der Waals surface area contributed by atoms with Crippen LogP contribution in [0.15, 0.2) is 0 Å². The third-order valence-electron chi connectivity index (χ3n) is 0. The minimum absolute atomic E-state index is 0. The van der Waals surface area contributed by atoms with Crippen LogP contribution in [0.3, 0.4) is 0 Å². The normalized spacial score (nSPS) is 8.29. The molecule has 0 bridgehead atoms. The molecule has 7 heavy (non-hydrogen) atoms. The van der Waals surface area contributed by atoms with Crippen LogP contribution in [-0.4, -0.2) is 27.2 Å². The molecule has 0 spiro atoms. The topological polar surface area (TPSA) is 74.6 Å². The summed E-state index contributed by atoms with van der Waals surface area (Å²) in [5.74, 6) is 0. The summed E-state index contributed by atoms with van der Waals surface area (Å²) in [7, 11) is 0. The van der Waals surface area contributed by atoms with Crippen LogP contribution in [0, 0.1) is 0 Å². The van der Waals surface area contributed by atoms with E-state index in [2.05, 4.69) is 0 Å². The first-order valence-corrected chi connectivity index (χ1v) is 2.67. The van der Waals surface area contributed by atoms with E-state index < -0.39 is 13.4 Å². The van der Waals surface area contributed by atoms with Gasteiger partial charge in [-0.3, -0.25) is 0 Å². The van der Waals surface area contributed by atoms with E-state index in [1.807, 2.05) is 0 Å². The SMILES string of the molecule is C.[LiH].[O]=[Mn](=[O])([OH])[OH]. The first kappa shape index (κ1) is 15.6. The van der Waals surface area contributed by atoms with Crippen LogP contribution in [0.2, 0.25) is 0 Å². The Morgan fingerprint density at radius 3 is 1.14 bits per heavy atom. The monoisotopic (exact) mass is 145 g/mol. The summed E-state index contributed by atoms with van der Waals surface area (Å²) >= 11 is -5.12. The van der Waals surface area contributed by atoms with Gasteiger partial charge in [-0.1, -0.05) is 7.43 Å². The molecule has 0 saturated heterocycles. The van der Waals surface area contributed by atoms with Crippen LogP contribution >= 0.6 is 0 Å². The first-order chi connectivity index (χ1) is 2.00. The molecule has 0 aromatic carbocycles. The predicted octanol–water partition coefficient (Wildman–Crippen LogP) is -1.37. The van der Waals surface area contributed by atoms with Gasteiger partial charge >= 0.3 is 48.3 Å². The second-order valence-electron chi connectivity index (χ2n) is 0.415. The molecule has 4 nitrogen and oxygen atoms in total. The maximum absolute atomic E-state index is 8.80. The van der Waals surface area contributed by atoms with Crippen molar-refractivity contribution in [2.45, 2.75) is 7.43 Å². The van der Waals surface area contributed by atoms with E-state index in [0.29, 0.717) is 0 Å². The molecule has 0 saturated carbocycles. The van der Waals surface area contributed by atoms with Gasteiger partial charge in [-0.15, -0.1) is 0 Å². The van der Waals surface area contributed by atoms with E-state index in [1.54, 1.807) is 0 Å². The Balaban J connectivity index is -0.0000000800. The Morgan fingerprint density at radius 2 is 1.14 bits per heavy atom. The van der Waals surface area contributed by atoms with Crippen molar-refractivity contribution in [1.82, 2.24) is 0 Å². The van der Waals surface area contributed by atoms with Crippen molar-refractivity contribution < 1.29 is 29.4 Å². The van der Waals surface area contributed by atoms with Crippen LogP contribution in [0.5, 0.6) is 0 Å². The molecule has 0 aliphatic heterocycles. The van der Waals surface area contributed by atoms with E-state index in [-0.39, 0.29) is 26.3 Å². The van der Waals surface area contributed by atoms with Crippen molar-refractivity contribution in [2.75, 3.05) is 0 Å². The number of hydrogen-bond donors (Lipinski definition) is 2. The molecule has 0 heterocycles. The first-order valence-electron chi connectivity index (χ1n) is 0.647. The summed E-state index contributed by atoms with van der Waals surface area (Å²) in [5, 5.41) is 0. The third-order valence-corrected chi connectivity index (χ3v) is 0. The molecule has 0 radical (unpaired) electrons. The fourth-order valence-corrected chi connectivity index (χ4v) is 0. The van der Waals surface area contributed by atoms with Crippen LogP contribution in [-0.2, 0) is 21.0 Å². The molecule has 2 N–H and O–H groups in total. The molecule has 0 atom stereocenters. The molecular weight excluding hydrogens is 138 g/mol. The Morgan fingerprint density at radius 1 is 1.14 bits per heavy atom. The van der Waals surface area contributed by atoms with Gasteiger partial charge in [-0.25, -0.2) is 0 Å². The van der Waals surface area contributed by atoms with E-state index >= 15 is 0 Å². The van der Waals surface area contributed by atoms with E-state index in [4.69, 9.17) is 16.0 Å². The standard InChI is InChI=1S/CH4.Li.Mn.2H2O.2O.H/h1H4;;;2*1H2;;;/q;;+2;;;;;/p-2. The molecule has 0 aliphatic carbocycles. The van der Waals surface area contributed by atoms with Crippen molar-refractivity contribution >= 4 is 18.9 Å². The minimum atomic E-state index is -5.12. The average Bonchev–Trinajstić information content (AvgIpc) is 0.722. The zero-order chi connectivity index (χ0) is 4.50. The van der Waals surface area contributed by atoms with Gasteiger partial charge in [-0.2, -0.15) is 0 Å². The summed E-state index contributed by atoms with van der Waals surface area (Å²) in [5.41, 5.74) is 0. The second-order valence-corrected chi connectivity index (χ2v) is 1.71. The van der Waals surface area contributed by atoms with E-state index in [1.165, 1.54) is 0 Å². The van der Waals surface area contributed by atoms with Gasteiger partial charge in [0.25, 0.3) is 0 Å². The Kier molecular flexibility index (Phi) is 10.7. The van der Waals surface area contributed by atoms with Crippen LogP contribution in [0.25, 0.3) is 0 Å². The predicted molar refractivity (Wildman–Crippen MR) is 19.7 cm³/mol. The summed E-state index contributed by atoms with van der Waals surface area (Å²) in [4.78, 5) is 0. The Labute approximate surface area is 56.0 Å². The summed E-state index contributed by atoms with van der Waals surface area (Å²) in [6.45, 7) is 0. The summed E-state index contributed by atoms with van der Waals surface area (Å²) < 4.78 is 31.8. The number of rotatable bonds is 0. The van der Waals surface area contributed by atoms with Gasteiger partial charge in [0.05, 0.1) is 0 Å². The van der Waals surface area contributed by atoms with E-state index in [0.717, 1.165) is 0 Å². The molecule has 6 heteroatoms. The van der Waals surface area contributed by atoms with Gasteiger partial charge in [0.15, 0.2) is 0 Å². The average molecular weight is 145 g/mol. The van der Waals surface area contributed by atoms with Crippen molar-refractivity contribution in [1.29, 1.82) is 0 Å². The van der Waals surface area contributed by atoms with Crippen molar-refractivity contribution in [3.8, 4) is 0 Å². The maximum atomic E-state index is 8.80. The molecule has 0 rings (SSSR count). The Hall–Kier alpha value is 0.637. The van der Waals surface area contributed by atoms with Gasteiger partial charge in [0.1, 0.15) is 0 Å². The number of hydrogen-bond acceptors (Lipinski definition) is 2. The van der Waals surface area contributed by atoms with Crippen LogP contribution < -0.4 is 0 Å². The molecule has 0 aromatic rings. The molecule has 0 aliphatic rings. The third kappa shape index (κ3) is 352. The molecule has 43 valence electrons. The molecular formula is CH7LiMnO4. The summed E-state index contributed by atoms with van der Waals surface area (Å²) in [6.07, 6.45) is 0. The van der Waals surface area contributed by atoms with Crippen molar-refractivity contribution in [2.24, 2.45) is 0 Å². The van der Waals surface area contributed by atoms with E-state index in [9.17, 15) is 0 Å².